The first-order chi connectivity index (χ1) is 13.1. The van der Waals surface area contributed by atoms with Crippen molar-refractivity contribution in [2.45, 2.75) is 18.9 Å². The first kappa shape index (κ1) is 18.8. The van der Waals surface area contributed by atoms with Gasteiger partial charge in [-0.3, -0.25) is 9.59 Å². The van der Waals surface area contributed by atoms with E-state index < -0.39 is 11.7 Å². The molecule has 0 radical (unpaired) electrons. The van der Waals surface area contributed by atoms with E-state index in [1.807, 2.05) is 0 Å². The number of nitrogens with one attached hydrogen (secondary N) is 2. The summed E-state index contributed by atoms with van der Waals surface area (Å²) in [5.74, 6) is -1.06. The number of halogens is 1. The maximum atomic E-state index is 13.6. The molecule has 0 spiro atoms. The third-order valence-corrected chi connectivity index (χ3v) is 4.15. The van der Waals surface area contributed by atoms with E-state index in [9.17, 15) is 14.0 Å². The molecule has 1 heterocycles. The second-order valence-electron chi connectivity index (χ2n) is 6.16. The van der Waals surface area contributed by atoms with E-state index in [0.717, 1.165) is 19.4 Å². The minimum absolute atomic E-state index is 0.0357. The molecule has 142 valence electrons. The van der Waals surface area contributed by atoms with Crippen LogP contribution in [0.1, 0.15) is 23.2 Å². The van der Waals surface area contributed by atoms with E-state index in [1.54, 1.807) is 30.3 Å². The van der Waals surface area contributed by atoms with Gasteiger partial charge in [0.05, 0.1) is 17.4 Å². The van der Waals surface area contributed by atoms with Crippen LogP contribution >= 0.6 is 0 Å². The third-order valence-electron chi connectivity index (χ3n) is 4.15. The fourth-order valence-corrected chi connectivity index (χ4v) is 2.78. The largest absolute Gasteiger partial charge is 0.483 e. The summed E-state index contributed by atoms with van der Waals surface area (Å²) in [6.45, 7) is 0.808. The Morgan fingerprint density at radius 3 is 2.70 bits per heavy atom. The average molecular weight is 372 g/mol. The van der Waals surface area contributed by atoms with E-state index in [1.165, 1.54) is 18.2 Å². The summed E-state index contributed by atoms with van der Waals surface area (Å²) < 4.78 is 24.5. The van der Waals surface area contributed by atoms with Gasteiger partial charge in [-0.05, 0) is 37.1 Å². The molecular formula is C20H21FN2O4. The lowest BCUT2D eigenvalue weighted by atomic mass is 10.1. The van der Waals surface area contributed by atoms with E-state index in [2.05, 4.69) is 10.6 Å². The zero-order chi connectivity index (χ0) is 19.1. The molecule has 1 aliphatic heterocycles. The van der Waals surface area contributed by atoms with Gasteiger partial charge >= 0.3 is 0 Å². The smallest absolute Gasteiger partial charge is 0.262 e. The van der Waals surface area contributed by atoms with Gasteiger partial charge in [-0.25, -0.2) is 4.39 Å². The summed E-state index contributed by atoms with van der Waals surface area (Å²) in [6, 6.07) is 12.5. The summed E-state index contributed by atoms with van der Waals surface area (Å²) in [7, 11) is 0. The normalized spacial score (nSPS) is 16.0. The Hall–Kier alpha value is -2.93. The average Bonchev–Trinajstić information content (AvgIpc) is 3.20. The van der Waals surface area contributed by atoms with Crippen molar-refractivity contribution < 1.29 is 23.5 Å². The second-order valence-corrected chi connectivity index (χ2v) is 6.16. The summed E-state index contributed by atoms with van der Waals surface area (Å²) >= 11 is 0. The molecule has 0 aromatic heterocycles. The molecule has 2 N–H and O–H groups in total. The predicted molar refractivity (Wildman–Crippen MR) is 98.3 cm³/mol. The van der Waals surface area contributed by atoms with Crippen molar-refractivity contribution >= 4 is 17.5 Å². The molecule has 1 saturated heterocycles. The van der Waals surface area contributed by atoms with E-state index in [0.29, 0.717) is 12.1 Å². The van der Waals surface area contributed by atoms with E-state index in [-0.39, 0.29) is 30.1 Å². The Balaban J connectivity index is 1.56. The Bertz CT molecular complexity index is 806. The van der Waals surface area contributed by atoms with Crippen LogP contribution in [0, 0.1) is 5.82 Å². The highest BCUT2D eigenvalue weighted by atomic mass is 19.1. The molecule has 1 aliphatic rings. The minimum Gasteiger partial charge on any atom is -0.483 e. The number of hydrogen-bond donors (Lipinski definition) is 2. The first-order valence-electron chi connectivity index (χ1n) is 8.79. The number of ether oxygens (including phenoxy) is 2. The zero-order valence-corrected chi connectivity index (χ0v) is 14.7. The van der Waals surface area contributed by atoms with Crippen molar-refractivity contribution in [1.82, 2.24) is 5.32 Å². The Labute approximate surface area is 156 Å². The van der Waals surface area contributed by atoms with E-state index >= 15 is 0 Å². The van der Waals surface area contributed by atoms with Gasteiger partial charge in [0.15, 0.2) is 6.61 Å². The highest BCUT2D eigenvalue weighted by Crippen LogP contribution is 2.19. The molecule has 1 fully saturated rings. The van der Waals surface area contributed by atoms with Crippen LogP contribution in [0.3, 0.4) is 0 Å². The van der Waals surface area contributed by atoms with Crippen LogP contribution in [0.25, 0.3) is 0 Å². The highest BCUT2D eigenvalue weighted by molar-refractivity contribution is 5.97. The first-order valence-corrected chi connectivity index (χ1v) is 8.79. The van der Waals surface area contributed by atoms with Gasteiger partial charge in [-0.15, -0.1) is 0 Å². The van der Waals surface area contributed by atoms with Crippen LogP contribution in [0.5, 0.6) is 5.75 Å². The Kier molecular flexibility index (Phi) is 6.38. The molecule has 27 heavy (non-hydrogen) atoms. The Morgan fingerprint density at radius 1 is 1.15 bits per heavy atom. The quantitative estimate of drug-likeness (QED) is 0.784. The third kappa shape index (κ3) is 5.27. The lowest BCUT2D eigenvalue weighted by Gasteiger charge is -2.14. The number of amides is 2. The summed E-state index contributed by atoms with van der Waals surface area (Å²) in [5.41, 5.74) is 0.405. The van der Waals surface area contributed by atoms with Gasteiger partial charge in [0, 0.05) is 13.2 Å². The monoisotopic (exact) mass is 372 g/mol. The maximum Gasteiger partial charge on any atom is 0.262 e. The van der Waals surface area contributed by atoms with Crippen LogP contribution in [0.4, 0.5) is 10.1 Å². The molecule has 1 atom stereocenters. The number of carbonyl (C=O) groups is 2. The molecule has 2 aromatic carbocycles. The van der Waals surface area contributed by atoms with Gasteiger partial charge in [-0.2, -0.15) is 0 Å². The predicted octanol–water partition coefficient (Wildman–Crippen LogP) is 2.75. The molecule has 2 amide bonds. The van der Waals surface area contributed by atoms with Crippen molar-refractivity contribution in [2.75, 3.05) is 25.1 Å². The van der Waals surface area contributed by atoms with Crippen molar-refractivity contribution in [3.63, 3.8) is 0 Å². The fraction of sp³-hybridized carbons (Fsp3) is 0.300. The molecule has 1 unspecified atom stereocenters. The van der Waals surface area contributed by atoms with Crippen molar-refractivity contribution in [2.24, 2.45) is 0 Å². The van der Waals surface area contributed by atoms with Crippen LogP contribution in [-0.2, 0) is 9.53 Å². The fourth-order valence-electron chi connectivity index (χ4n) is 2.78. The van der Waals surface area contributed by atoms with Crippen molar-refractivity contribution in [3.8, 4) is 5.75 Å². The number of carbonyl (C=O) groups excluding carboxylic acids is 2. The SMILES string of the molecule is O=C(COc1ccccc1C(=O)NCC1CCCO1)Nc1ccccc1F. The molecule has 6 nitrogen and oxygen atoms in total. The molecule has 7 heteroatoms. The lowest BCUT2D eigenvalue weighted by Crippen LogP contribution is -2.32. The molecule has 2 aromatic rings. The molecule has 0 aliphatic carbocycles. The summed E-state index contributed by atoms with van der Waals surface area (Å²) in [5, 5.41) is 5.26. The summed E-state index contributed by atoms with van der Waals surface area (Å²) in [4.78, 5) is 24.4. The molecule has 0 bridgehead atoms. The van der Waals surface area contributed by atoms with Crippen molar-refractivity contribution in [3.05, 3.63) is 59.9 Å². The second kappa shape index (κ2) is 9.14. The van der Waals surface area contributed by atoms with Gasteiger partial charge < -0.3 is 20.1 Å². The number of rotatable bonds is 7. The Morgan fingerprint density at radius 2 is 1.93 bits per heavy atom. The van der Waals surface area contributed by atoms with Crippen LogP contribution in [0.2, 0.25) is 0 Å². The lowest BCUT2D eigenvalue weighted by molar-refractivity contribution is -0.118. The van der Waals surface area contributed by atoms with Crippen LogP contribution < -0.4 is 15.4 Å². The number of benzene rings is 2. The van der Waals surface area contributed by atoms with Gasteiger partial charge in [0.25, 0.3) is 11.8 Å². The topological polar surface area (TPSA) is 76.7 Å². The standard InChI is InChI=1S/C20H21FN2O4/c21-16-8-2-3-9-17(16)23-19(24)13-27-18-10-4-1-7-15(18)20(25)22-12-14-6-5-11-26-14/h1-4,7-10,14H,5-6,11-13H2,(H,22,25)(H,23,24). The minimum atomic E-state index is -0.528. The number of hydrogen-bond acceptors (Lipinski definition) is 4. The van der Waals surface area contributed by atoms with Crippen molar-refractivity contribution in [1.29, 1.82) is 0 Å². The van der Waals surface area contributed by atoms with Gasteiger partial charge in [0.1, 0.15) is 11.6 Å². The number of anilines is 1. The van der Waals surface area contributed by atoms with E-state index in [4.69, 9.17) is 9.47 Å². The highest BCUT2D eigenvalue weighted by Gasteiger charge is 2.18. The molecular weight excluding hydrogens is 351 g/mol. The van der Waals surface area contributed by atoms with Crippen LogP contribution in [0.15, 0.2) is 48.5 Å². The van der Waals surface area contributed by atoms with Crippen LogP contribution in [-0.4, -0.2) is 37.7 Å². The van der Waals surface area contributed by atoms with Gasteiger partial charge in [0.2, 0.25) is 0 Å². The summed E-state index contributed by atoms with van der Waals surface area (Å²) in [6.07, 6.45) is 1.96. The number of para-hydroxylation sites is 2. The molecule has 0 saturated carbocycles. The maximum absolute atomic E-state index is 13.6. The molecule has 3 rings (SSSR count). The van der Waals surface area contributed by atoms with Gasteiger partial charge in [-0.1, -0.05) is 24.3 Å². The zero-order valence-electron chi connectivity index (χ0n) is 14.7.